The number of halogens is 1. The van der Waals surface area contributed by atoms with E-state index in [4.69, 9.17) is 4.74 Å². The van der Waals surface area contributed by atoms with Gasteiger partial charge in [0.05, 0.1) is 10.8 Å². The van der Waals surface area contributed by atoms with Crippen LogP contribution >= 0.6 is 0 Å². The Balaban J connectivity index is 1.83. The van der Waals surface area contributed by atoms with Crippen LogP contribution in [0.15, 0.2) is 29.2 Å². The molecule has 1 heterocycles. The van der Waals surface area contributed by atoms with Gasteiger partial charge in [-0.25, -0.2) is 12.8 Å². The summed E-state index contributed by atoms with van der Waals surface area (Å²) in [6.07, 6.45) is 3.95. The van der Waals surface area contributed by atoms with Crippen molar-refractivity contribution in [2.45, 2.75) is 63.8 Å². The van der Waals surface area contributed by atoms with Crippen LogP contribution < -0.4 is 5.32 Å². The van der Waals surface area contributed by atoms with Crippen molar-refractivity contribution in [3.8, 4) is 0 Å². The summed E-state index contributed by atoms with van der Waals surface area (Å²) in [4.78, 5) is 24.4. The molecule has 1 amide bonds. The molecule has 1 aromatic carbocycles. The number of hydrogen-bond donors (Lipinski definition) is 1. The summed E-state index contributed by atoms with van der Waals surface area (Å²) in [5.74, 6) is -1.49. The van der Waals surface area contributed by atoms with Gasteiger partial charge in [0, 0.05) is 19.1 Å². The zero-order valence-corrected chi connectivity index (χ0v) is 19.3. The number of carbonyl (C=O) groups is 2. The summed E-state index contributed by atoms with van der Waals surface area (Å²) in [7, 11) is -3.83. The van der Waals surface area contributed by atoms with Crippen molar-refractivity contribution in [1.29, 1.82) is 0 Å². The number of rotatable bonds is 10. The first-order valence-corrected chi connectivity index (χ1v) is 12.2. The fourth-order valence-corrected chi connectivity index (χ4v) is 5.11. The second-order valence-corrected chi connectivity index (χ2v) is 10.5. The molecule has 0 aromatic heterocycles. The second-order valence-electron chi connectivity index (χ2n) is 8.56. The third-order valence-electron chi connectivity index (χ3n) is 5.34. The molecule has 1 N–H and O–H groups in total. The molecule has 1 aromatic rings. The highest BCUT2D eigenvalue weighted by molar-refractivity contribution is 7.89. The number of amides is 1. The van der Waals surface area contributed by atoms with Crippen LogP contribution in [0.1, 0.15) is 52.9 Å². The molecule has 1 aliphatic rings. The van der Waals surface area contributed by atoms with E-state index in [2.05, 4.69) is 19.2 Å². The minimum Gasteiger partial charge on any atom is -0.455 e. The molecule has 0 bridgehead atoms. The number of sulfonamides is 1. The maximum atomic E-state index is 13.1. The molecule has 0 aliphatic carbocycles. The molecule has 2 rings (SSSR count). The molecule has 1 saturated heterocycles. The van der Waals surface area contributed by atoms with Gasteiger partial charge < -0.3 is 10.1 Å². The predicted molar refractivity (Wildman–Crippen MR) is 115 cm³/mol. The number of nitrogens with zero attached hydrogens (tertiary/aromatic N) is 1. The first kappa shape index (κ1) is 25.3. The Bertz CT molecular complexity index is 842. The highest BCUT2D eigenvalue weighted by Crippen LogP contribution is 2.24. The molecular formula is C22H33FN2O5S. The van der Waals surface area contributed by atoms with Crippen LogP contribution in [0, 0.1) is 17.7 Å². The SMILES string of the molecule is CC(C)CCCC(C)NC(=O)COC(=O)C1CCCN(S(=O)(=O)c2ccc(F)cc2)C1. The maximum absolute atomic E-state index is 13.1. The fourth-order valence-electron chi connectivity index (χ4n) is 3.58. The minimum atomic E-state index is -3.83. The van der Waals surface area contributed by atoms with Crippen LogP contribution in [-0.4, -0.2) is 50.3 Å². The third-order valence-corrected chi connectivity index (χ3v) is 7.22. The van der Waals surface area contributed by atoms with Gasteiger partial charge in [0.1, 0.15) is 5.82 Å². The van der Waals surface area contributed by atoms with Crippen molar-refractivity contribution in [3.63, 3.8) is 0 Å². The number of hydrogen-bond acceptors (Lipinski definition) is 5. The first-order chi connectivity index (χ1) is 14.6. The van der Waals surface area contributed by atoms with Crippen molar-refractivity contribution in [2.75, 3.05) is 19.7 Å². The molecule has 1 fully saturated rings. The maximum Gasteiger partial charge on any atom is 0.310 e. The van der Waals surface area contributed by atoms with Crippen molar-refractivity contribution < 1.29 is 27.1 Å². The number of benzene rings is 1. The average molecular weight is 457 g/mol. The van der Waals surface area contributed by atoms with E-state index >= 15 is 0 Å². The largest absolute Gasteiger partial charge is 0.455 e. The van der Waals surface area contributed by atoms with Crippen LogP contribution in [0.5, 0.6) is 0 Å². The topological polar surface area (TPSA) is 92.8 Å². The van der Waals surface area contributed by atoms with Crippen LogP contribution in [0.3, 0.4) is 0 Å². The van der Waals surface area contributed by atoms with Gasteiger partial charge in [-0.1, -0.05) is 26.7 Å². The summed E-state index contributed by atoms with van der Waals surface area (Å²) >= 11 is 0. The Labute approximate surface area is 184 Å². The Morgan fingerprint density at radius 2 is 1.87 bits per heavy atom. The molecule has 2 atom stereocenters. The average Bonchev–Trinajstić information content (AvgIpc) is 2.72. The van der Waals surface area contributed by atoms with Gasteiger partial charge in [0.2, 0.25) is 10.0 Å². The lowest BCUT2D eigenvalue weighted by atomic mass is 10.00. The van der Waals surface area contributed by atoms with Crippen molar-refractivity contribution in [2.24, 2.45) is 11.8 Å². The summed E-state index contributed by atoms with van der Waals surface area (Å²) in [6, 6.07) is 4.59. The number of esters is 1. The Kier molecular flexibility index (Phi) is 9.43. The van der Waals surface area contributed by atoms with E-state index in [9.17, 15) is 22.4 Å². The smallest absolute Gasteiger partial charge is 0.310 e. The van der Waals surface area contributed by atoms with Crippen LogP contribution in [0.25, 0.3) is 0 Å². The molecular weight excluding hydrogens is 423 g/mol. The van der Waals surface area contributed by atoms with Gasteiger partial charge >= 0.3 is 5.97 Å². The van der Waals surface area contributed by atoms with Gasteiger partial charge in [-0.2, -0.15) is 4.31 Å². The number of ether oxygens (including phenoxy) is 1. The second kappa shape index (κ2) is 11.6. The van der Waals surface area contributed by atoms with E-state index in [0.717, 1.165) is 31.4 Å². The van der Waals surface area contributed by atoms with E-state index in [-0.39, 0.29) is 36.5 Å². The molecule has 0 spiro atoms. The number of piperidine rings is 1. The molecule has 1 aliphatic heterocycles. The molecule has 7 nitrogen and oxygen atoms in total. The first-order valence-electron chi connectivity index (χ1n) is 10.8. The van der Waals surface area contributed by atoms with Crippen LogP contribution in [0.2, 0.25) is 0 Å². The van der Waals surface area contributed by atoms with E-state index in [1.807, 2.05) is 6.92 Å². The van der Waals surface area contributed by atoms with Gasteiger partial charge in [0.15, 0.2) is 6.61 Å². The summed E-state index contributed by atoms with van der Waals surface area (Å²) < 4.78 is 45.0. The zero-order valence-electron chi connectivity index (χ0n) is 18.5. The van der Waals surface area contributed by atoms with E-state index in [0.29, 0.717) is 18.8 Å². The summed E-state index contributed by atoms with van der Waals surface area (Å²) in [5.41, 5.74) is 0. The van der Waals surface area contributed by atoms with E-state index in [1.54, 1.807) is 0 Å². The van der Waals surface area contributed by atoms with Gasteiger partial charge in [-0.15, -0.1) is 0 Å². The lowest BCUT2D eigenvalue weighted by Crippen LogP contribution is -2.43. The summed E-state index contributed by atoms with van der Waals surface area (Å²) in [6.45, 7) is 6.09. The van der Waals surface area contributed by atoms with Gasteiger partial charge in [-0.05, 0) is 56.4 Å². The molecule has 2 unspecified atom stereocenters. The van der Waals surface area contributed by atoms with E-state index < -0.39 is 27.7 Å². The van der Waals surface area contributed by atoms with Crippen LogP contribution in [-0.2, 0) is 24.3 Å². The summed E-state index contributed by atoms with van der Waals surface area (Å²) in [5, 5.41) is 2.82. The molecule has 174 valence electrons. The molecule has 31 heavy (non-hydrogen) atoms. The monoisotopic (exact) mass is 456 g/mol. The fraction of sp³-hybridized carbons (Fsp3) is 0.636. The lowest BCUT2D eigenvalue weighted by molar-refractivity contribution is -0.153. The van der Waals surface area contributed by atoms with Crippen molar-refractivity contribution >= 4 is 21.9 Å². The van der Waals surface area contributed by atoms with Gasteiger partial charge in [-0.3, -0.25) is 9.59 Å². The zero-order chi connectivity index (χ0) is 23.0. The lowest BCUT2D eigenvalue weighted by Gasteiger charge is -2.30. The normalized spacial score (nSPS) is 18.5. The molecule has 0 radical (unpaired) electrons. The predicted octanol–water partition coefficient (Wildman–Crippen LogP) is 3.10. The van der Waals surface area contributed by atoms with Crippen molar-refractivity contribution in [1.82, 2.24) is 9.62 Å². The van der Waals surface area contributed by atoms with E-state index in [1.165, 1.54) is 16.4 Å². The Hall–Kier alpha value is -2.00. The Morgan fingerprint density at radius 3 is 2.52 bits per heavy atom. The molecule has 0 saturated carbocycles. The standard InChI is InChI=1S/C22H33FN2O5S/c1-16(2)6-4-7-17(3)24-21(26)15-30-22(27)18-8-5-13-25(14-18)31(28,29)20-11-9-19(23)10-12-20/h9-12,16-18H,4-8,13-15H2,1-3H3,(H,24,26). The third kappa shape index (κ3) is 7.88. The number of carbonyl (C=O) groups excluding carboxylic acids is 2. The van der Waals surface area contributed by atoms with Crippen LogP contribution in [0.4, 0.5) is 4.39 Å². The minimum absolute atomic E-state index is 0.00373. The quantitative estimate of drug-likeness (QED) is 0.546. The molecule has 9 heteroatoms. The Morgan fingerprint density at radius 1 is 1.19 bits per heavy atom. The highest BCUT2D eigenvalue weighted by atomic mass is 32.2. The number of nitrogens with one attached hydrogen (secondary N) is 1. The van der Waals surface area contributed by atoms with Crippen molar-refractivity contribution in [3.05, 3.63) is 30.1 Å². The highest BCUT2D eigenvalue weighted by Gasteiger charge is 2.34. The van der Waals surface area contributed by atoms with Gasteiger partial charge in [0.25, 0.3) is 5.91 Å².